The van der Waals surface area contributed by atoms with E-state index >= 15 is 0 Å². The van der Waals surface area contributed by atoms with Gasteiger partial charge in [-0.3, -0.25) is 4.79 Å². The Labute approximate surface area is 133 Å². The lowest BCUT2D eigenvalue weighted by atomic mass is 10.3. The number of hydrogen-bond donors (Lipinski definition) is 2. The number of nitrogens with one attached hydrogen (secondary N) is 2. The summed E-state index contributed by atoms with van der Waals surface area (Å²) in [6.07, 6.45) is 0. The lowest BCUT2D eigenvalue weighted by Crippen LogP contribution is -2.14. The Morgan fingerprint density at radius 2 is 2.00 bits per heavy atom. The van der Waals surface area contributed by atoms with E-state index in [-0.39, 0.29) is 12.6 Å². The zero-order valence-electron chi connectivity index (χ0n) is 12.4. The van der Waals surface area contributed by atoms with Crippen LogP contribution in [0.15, 0.2) is 30.3 Å². The molecule has 0 atom stereocenters. The molecule has 22 heavy (non-hydrogen) atoms. The fraction of sp³-hybridized carbons (Fsp3) is 0.267. The van der Waals surface area contributed by atoms with Crippen molar-refractivity contribution in [2.24, 2.45) is 0 Å². The van der Waals surface area contributed by atoms with Crippen LogP contribution in [0.3, 0.4) is 0 Å². The van der Waals surface area contributed by atoms with E-state index in [1.54, 1.807) is 12.1 Å². The Morgan fingerprint density at radius 1 is 1.27 bits per heavy atom. The number of halogens is 1. The number of carbonyl (C=O) groups is 1. The van der Waals surface area contributed by atoms with Crippen LogP contribution in [0.5, 0.6) is 0 Å². The number of nitrogens with zero attached hydrogens (tertiary/aromatic N) is 2. The van der Waals surface area contributed by atoms with Crippen LogP contribution in [-0.2, 0) is 9.53 Å². The molecular formula is C15H17ClN4O2. The van der Waals surface area contributed by atoms with Gasteiger partial charge in [-0.1, -0.05) is 11.6 Å². The Hall–Kier alpha value is -2.34. The molecule has 0 saturated heterocycles. The summed E-state index contributed by atoms with van der Waals surface area (Å²) in [6.45, 7) is 3.97. The summed E-state index contributed by atoms with van der Waals surface area (Å²) < 4.78 is 4.85. The third kappa shape index (κ3) is 5.21. The average molecular weight is 321 g/mol. The van der Waals surface area contributed by atoms with Crippen molar-refractivity contribution >= 4 is 35.0 Å². The number of anilines is 3. The smallest absolute Gasteiger partial charge is 0.302 e. The molecule has 0 radical (unpaired) electrons. The van der Waals surface area contributed by atoms with E-state index in [1.165, 1.54) is 6.92 Å². The van der Waals surface area contributed by atoms with Crippen LogP contribution in [0.4, 0.5) is 17.5 Å². The van der Waals surface area contributed by atoms with Crippen LogP contribution in [-0.4, -0.2) is 29.1 Å². The predicted octanol–water partition coefficient (Wildman–Crippen LogP) is 3.16. The van der Waals surface area contributed by atoms with Crippen molar-refractivity contribution in [2.75, 3.05) is 23.8 Å². The molecule has 0 saturated carbocycles. The number of aryl methyl sites for hydroxylation is 1. The number of carbonyl (C=O) groups excluding carboxylic acids is 1. The standard InChI is InChI=1S/C15H17ClN4O2/c1-10-9-14(19-13-5-3-12(16)4-6-13)20-15(18-10)17-7-8-22-11(2)21/h3-6,9H,7-8H2,1-2H3,(H2,17,18,19,20). The van der Waals surface area contributed by atoms with Gasteiger partial charge in [0.2, 0.25) is 5.95 Å². The zero-order valence-corrected chi connectivity index (χ0v) is 13.1. The summed E-state index contributed by atoms with van der Waals surface area (Å²) in [4.78, 5) is 19.3. The Bertz CT molecular complexity index is 646. The first-order valence-corrected chi connectivity index (χ1v) is 7.16. The van der Waals surface area contributed by atoms with Crippen LogP contribution >= 0.6 is 11.6 Å². The van der Waals surface area contributed by atoms with Gasteiger partial charge in [-0.15, -0.1) is 0 Å². The topological polar surface area (TPSA) is 76.1 Å². The molecule has 2 aromatic rings. The van der Waals surface area contributed by atoms with Gasteiger partial charge >= 0.3 is 5.97 Å². The molecule has 7 heteroatoms. The van der Waals surface area contributed by atoms with Gasteiger partial charge in [0.15, 0.2) is 0 Å². The molecule has 0 aliphatic heterocycles. The number of esters is 1. The van der Waals surface area contributed by atoms with Crippen LogP contribution in [0, 0.1) is 6.92 Å². The lowest BCUT2D eigenvalue weighted by molar-refractivity contribution is -0.140. The monoisotopic (exact) mass is 320 g/mol. The summed E-state index contributed by atoms with van der Waals surface area (Å²) in [7, 11) is 0. The summed E-state index contributed by atoms with van der Waals surface area (Å²) >= 11 is 5.86. The molecule has 1 heterocycles. The second-order valence-electron chi connectivity index (χ2n) is 4.62. The van der Waals surface area contributed by atoms with E-state index in [9.17, 15) is 4.79 Å². The highest BCUT2D eigenvalue weighted by Gasteiger charge is 2.03. The van der Waals surface area contributed by atoms with E-state index in [0.717, 1.165) is 11.4 Å². The molecule has 0 bridgehead atoms. The molecule has 6 nitrogen and oxygen atoms in total. The molecule has 1 aromatic heterocycles. The number of rotatable bonds is 6. The highest BCUT2D eigenvalue weighted by Crippen LogP contribution is 2.18. The third-order valence-corrected chi connectivity index (χ3v) is 2.91. The SMILES string of the molecule is CC(=O)OCCNc1nc(C)cc(Nc2ccc(Cl)cc2)n1. The lowest BCUT2D eigenvalue weighted by Gasteiger charge is -2.10. The highest BCUT2D eigenvalue weighted by atomic mass is 35.5. The fourth-order valence-corrected chi connectivity index (χ4v) is 1.88. The van der Waals surface area contributed by atoms with Crippen LogP contribution in [0.2, 0.25) is 5.02 Å². The largest absolute Gasteiger partial charge is 0.464 e. The number of hydrogen-bond acceptors (Lipinski definition) is 6. The molecule has 0 unspecified atom stereocenters. The number of ether oxygens (including phenoxy) is 1. The van der Waals surface area contributed by atoms with Crippen LogP contribution in [0.25, 0.3) is 0 Å². The molecule has 2 N–H and O–H groups in total. The number of benzene rings is 1. The van der Waals surface area contributed by atoms with Crippen molar-refractivity contribution < 1.29 is 9.53 Å². The molecule has 0 fully saturated rings. The first-order chi connectivity index (χ1) is 10.5. The molecule has 2 rings (SSSR count). The van der Waals surface area contributed by atoms with Gasteiger partial charge in [0.05, 0.1) is 6.54 Å². The summed E-state index contributed by atoms with van der Waals surface area (Å²) in [5.41, 5.74) is 1.70. The zero-order chi connectivity index (χ0) is 15.9. The minimum Gasteiger partial charge on any atom is -0.464 e. The van der Waals surface area contributed by atoms with Gasteiger partial charge in [-0.05, 0) is 31.2 Å². The minimum atomic E-state index is -0.308. The van der Waals surface area contributed by atoms with Gasteiger partial charge in [0.25, 0.3) is 0 Å². The molecule has 0 aliphatic carbocycles. The first-order valence-electron chi connectivity index (χ1n) is 6.78. The Kier molecular flexibility index (Phi) is 5.55. The quantitative estimate of drug-likeness (QED) is 0.629. The summed E-state index contributed by atoms with van der Waals surface area (Å²) in [6, 6.07) is 9.18. The van der Waals surface area contributed by atoms with Crippen molar-refractivity contribution in [3.05, 3.63) is 41.0 Å². The highest BCUT2D eigenvalue weighted by molar-refractivity contribution is 6.30. The van der Waals surface area contributed by atoms with Gasteiger partial charge in [-0.25, -0.2) is 4.98 Å². The first kappa shape index (κ1) is 16.0. The van der Waals surface area contributed by atoms with Crippen LogP contribution < -0.4 is 10.6 Å². The van der Waals surface area contributed by atoms with Gasteiger partial charge in [0.1, 0.15) is 12.4 Å². The molecular weight excluding hydrogens is 304 g/mol. The van der Waals surface area contributed by atoms with Gasteiger partial charge in [-0.2, -0.15) is 4.98 Å². The molecule has 0 amide bonds. The van der Waals surface area contributed by atoms with Crippen molar-refractivity contribution in [3.63, 3.8) is 0 Å². The second kappa shape index (κ2) is 7.61. The summed E-state index contributed by atoms with van der Waals surface area (Å²) in [5, 5.41) is 6.88. The van der Waals surface area contributed by atoms with Crippen molar-refractivity contribution in [1.29, 1.82) is 0 Å². The molecule has 0 spiro atoms. The Balaban J connectivity index is 2.00. The van der Waals surface area contributed by atoms with Crippen molar-refractivity contribution in [2.45, 2.75) is 13.8 Å². The maximum Gasteiger partial charge on any atom is 0.302 e. The summed E-state index contributed by atoms with van der Waals surface area (Å²) in [5.74, 6) is 0.838. The second-order valence-corrected chi connectivity index (χ2v) is 5.05. The number of aromatic nitrogens is 2. The van der Waals surface area contributed by atoms with E-state index in [0.29, 0.717) is 23.3 Å². The van der Waals surface area contributed by atoms with E-state index < -0.39 is 0 Å². The Morgan fingerprint density at radius 3 is 2.68 bits per heavy atom. The van der Waals surface area contributed by atoms with Crippen LogP contribution in [0.1, 0.15) is 12.6 Å². The third-order valence-electron chi connectivity index (χ3n) is 2.66. The average Bonchev–Trinajstić information content (AvgIpc) is 2.45. The van der Waals surface area contributed by atoms with E-state index in [2.05, 4.69) is 20.6 Å². The van der Waals surface area contributed by atoms with E-state index in [1.807, 2.05) is 25.1 Å². The van der Waals surface area contributed by atoms with Crippen molar-refractivity contribution in [1.82, 2.24) is 9.97 Å². The van der Waals surface area contributed by atoms with E-state index in [4.69, 9.17) is 16.3 Å². The predicted molar refractivity (Wildman–Crippen MR) is 86.6 cm³/mol. The maximum absolute atomic E-state index is 10.7. The van der Waals surface area contributed by atoms with Crippen molar-refractivity contribution in [3.8, 4) is 0 Å². The molecule has 116 valence electrons. The minimum absolute atomic E-state index is 0.270. The van der Waals surface area contributed by atoms with Gasteiger partial charge in [0, 0.05) is 29.4 Å². The maximum atomic E-state index is 10.7. The fourth-order valence-electron chi connectivity index (χ4n) is 1.75. The van der Waals surface area contributed by atoms with Gasteiger partial charge < -0.3 is 15.4 Å². The molecule has 1 aromatic carbocycles. The molecule has 0 aliphatic rings. The normalized spacial score (nSPS) is 10.1.